The second-order valence-electron chi connectivity index (χ2n) is 4.82. The van der Waals surface area contributed by atoms with Gasteiger partial charge >= 0.3 is 0 Å². The van der Waals surface area contributed by atoms with Crippen LogP contribution in [0, 0.1) is 5.92 Å². The number of benzene rings is 1. The zero-order chi connectivity index (χ0) is 12.6. The number of carbonyl (C=O) groups excluding carboxylic acids is 1. The van der Waals surface area contributed by atoms with E-state index in [0.29, 0.717) is 12.1 Å². The van der Waals surface area contributed by atoms with Crippen molar-refractivity contribution in [3.63, 3.8) is 0 Å². The van der Waals surface area contributed by atoms with Crippen LogP contribution in [0.25, 0.3) is 0 Å². The summed E-state index contributed by atoms with van der Waals surface area (Å²) in [5.41, 5.74) is 8.22. The lowest BCUT2D eigenvalue weighted by Crippen LogP contribution is -2.43. The fourth-order valence-electron chi connectivity index (χ4n) is 2.32. The minimum Gasteiger partial charge on any atom is -0.399 e. The van der Waals surface area contributed by atoms with Crippen molar-refractivity contribution in [2.24, 2.45) is 5.92 Å². The molecule has 2 rings (SSSR count). The van der Waals surface area contributed by atoms with Gasteiger partial charge in [-0.15, -0.1) is 0 Å². The van der Waals surface area contributed by atoms with Crippen LogP contribution in [0.2, 0.25) is 0 Å². The van der Waals surface area contributed by atoms with Crippen molar-refractivity contribution < 1.29 is 9.90 Å². The van der Waals surface area contributed by atoms with Crippen molar-refractivity contribution in [1.29, 1.82) is 0 Å². The Hall–Kier alpha value is -1.55. The molecule has 1 aliphatic rings. The summed E-state index contributed by atoms with van der Waals surface area (Å²) in [7, 11) is 0. The minimum absolute atomic E-state index is 0.0206. The highest BCUT2D eigenvalue weighted by Gasteiger charge is 2.34. The van der Waals surface area contributed by atoms with Gasteiger partial charge in [0.2, 0.25) is 5.91 Å². The van der Waals surface area contributed by atoms with Crippen LogP contribution < -0.4 is 10.6 Å². The van der Waals surface area contributed by atoms with Crippen molar-refractivity contribution in [2.45, 2.75) is 26.3 Å². The highest BCUT2D eigenvalue weighted by atomic mass is 16.3. The van der Waals surface area contributed by atoms with Gasteiger partial charge in [-0.1, -0.05) is 13.8 Å². The summed E-state index contributed by atoms with van der Waals surface area (Å²) >= 11 is 0. The van der Waals surface area contributed by atoms with Crippen LogP contribution in [0.1, 0.15) is 19.4 Å². The molecule has 0 saturated carbocycles. The third kappa shape index (κ3) is 2.00. The van der Waals surface area contributed by atoms with Gasteiger partial charge in [-0.05, 0) is 29.7 Å². The maximum Gasteiger partial charge on any atom is 0.231 e. The Bertz CT molecular complexity index is 443. The molecule has 4 heteroatoms. The predicted octanol–water partition coefficient (Wildman–Crippen LogP) is 1.17. The molecule has 4 nitrogen and oxygen atoms in total. The molecule has 17 heavy (non-hydrogen) atoms. The molecular formula is C13H18N2O2. The van der Waals surface area contributed by atoms with Crippen molar-refractivity contribution in [3.05, 3.63) is 23.8 Å². The normalized spacial score (nSPS) is 16.5. The summed E-state index contributed by atoms with van der Waals surface area (Å²) in [4.78, 5) is 13.7. The number of amides is 1. The first-order valence-electron chi connectivity index (χ1n) is 5.86. The third-order valence-electron chi connectivity index (χ3n) is 3.26. The topological polar surface area (TPSA) is 66.6 Å². The van der Waals surface area contributed by atoms with Gasteiger partial charge in [0, 0.05) is 11.4 Å². The molecule has 0 radical (unpaired) electrons. The smallest absolute Gasteiger partial charge is 0.231 e. The van der Waals surface area contributed by atoms with Crippen molar-refractivity contribution in [2.75, 3.05) is 17.2 Å². The molecule has 1 unspecified atom stereocenters. The van der Waals surface area contributed by atoms with Gasteiger partial charge in [-0.3, -0.25) is 4.79 Å². The number of nitrogen functional groups attached to an aromatic ring is 1. The summed E-state index contributed by atoms with van der Waals surface area (Å²) in [6.07, 6.45) is 0.379. The van der Waals surface area contributed by atoms with Gasteiger partial charge in [0.05, 0.1) is 19.1 Å². The van der Waals surface area contributed by atoms with Gasteiger partial charge in [-0.2, -0.15) is 0 Å². The number of hydrogen-bond acceptors (Lipinski definition) is 3. The van der Waals surface area contributed by atoms with E-state index < -0.39 is 0 Å². The molecule has 0 aliphatic carbocycles. The molecule has 1 atom stereocenters. The first-order valence-corrected chi connectivity index (χ1v) is 5.86. The van der Waals surface area contributed by atoms with Crippen LogP contribution in [-0.4, -0.2) is 23.7 Å². The van der Waals surface area contributed by atoms with E-state index in [1.807, 2.05) is 26.0 Å². The molecule has 3 N–H and O–H groups in total. The van der Waals surface area contributed by atoms with E-state index >= 15 is 0 Å². The van der Waals surface area contributed by atoms with E-state index in [9.17, 15) is 9.90 Å². The number of hydrogen-bond donors (Lipinski definition) is 2. The second kappa shape index (κ2) is 4.37. The van der Waals surface area contributed by atoms with Crippen LogP contribution in [0.15, 0.2) is 18.2 Å². The van der Waals surface area contributed by atoms with Crippen molar-refractivity contribution in [1.82, 2.24) is 0 Å². The summed E-state index contributed by atoms with van der Waals surface area (Å²) < 4.78 is 0. The molecule has 1 aromatic carbocycles. The molecule has 1 amide bonds. The Morgan fingerprint density at radius 3 is 2.76 bits per heavy atom. The molecule has 1 aliphatic heterocycles. The fraction of sp³-hybridized carbons (Fsp3) is 0.462. The Morgan fingerprint density at radius 1 is 1.47 bits per heavy atom. The van der Waals surface area contributed by atoms with Gasteiger partial charge in [0.1, 0.15) is 0 Å². The largest absolute Gasteiger partial charge is 0.399 e. The highest BCUT2D eigenvalue weighted by Crippen LogP contribution is 2.33. The molecule has 0 spiro atoms. The van der Waals surface area contributed by atoms with E-state index in [0.717, 1.165) is 11.3 Å². The van der Waals surface area contributed by atoms with Crippen molar-refractivity contribution in [3.8, 4) is 0 Å². The molecule has 1 heterocycles. The number of carbonyl (C=O) groups is 1. The first kappa shape index (κ1) is 11.9. The predicted molar refractivity (Wildman–Crippen MR) is 67.8 cm³/mol. The summed E-state index contributed by atoms with van der Waals surface area (Å²) in [5.74, 6) is 0.255. The van der Waals surface area contributed by atoms with Crippen LogP contribution in [0.5, 0.6) is 0 Å². The Kier molecular flexibility index (Phi) is 3.07. The zero-order valence-electron chi connectivity index (χ0n) is 10.2. The van der Waals surface area contributed by atoms with Crippen molar-refractivity contribution >= 4 is 17.3 Å². The van der Waals surface area contributed by atoms with Gasteiger partial charge in [0.25, 0.3) is 0 Å². The SMILES string of the molecule is CC(C)C(CO)N1C(=O)Cc2cc(N)ccc21. The first-order chi connectivity index (χ1) is 8.04. The number of anilines is 2. The van der Waals surface area contributed by atoms with E-state index in [2.05, 4.69) is 0 Å². The maximum atomic E-state index is 12.0. The summed E-state index contributed by atoms with van der Waals surface area (Å²) in [6, 6.07) is 5.33. The molecular weight excluding hydrogens is 216 g/mol. The zero-order valence-corrected chi connectivity index (χ0v) is 10.2. The lowest BCUT2D eigenvalue weighted by molar-refractivity contribution is -0.118. The number of fused-ring (bicyclic) bond motifs is 1. The summed E-state index contributed by atoms with van der Waals surface area (Å²) in [5, 5.41) is 9.44. The molecule has 0 aromatic heterocycles. The number of nitrogens with two attached hydrogens (primary N) is 1. The van der Waals surface area contributed by atoms with Gasteiger partial charge < -0.3 is 15.7 Å². The molecule has 92 valence electrons. The highest BCUT2D eigenvalue weighted by molar-refractivity contribution is 6.02. The average molecular weight is 234 g/mol. The average Bonchev–Trinajstić information content (AvgIpc) is 2.55. The number of aliphatic hydroxyl groups is 1. The van der Waals surface area contributed by atoms with Gasteiger partial charge in [-0.25, -0.2) is 0 Å². The van der Waals surface area contributed by atoms with E-state index in [1.165, 1.54) is 0 Å². The van der Waals surface area contributed by atoms with E-state index in [-0.39, 0.29) is 24.5 Å². The summed E-state index contributed by atoms with van der Waals surface area (Å²) in [6.45, 7) is 3.99. The van der Waals surface area contributed by atoms with Gasteiger partial charge in [0.15, 0.2) is 0 Å². The van der Waals surface area contributed by atoms with Crippen LogP contribution in [0.4, 0.5) is 11.4 Å². The molecule has 0 saturated heterocycles. The maximum absolute atomic E-state index is 12.0. The lowest BCUT2D eigenvalue weighted by atomic mass is 10.0. The third-order valence-corrected chi connectivity index (χ3v) is 3.26. The molecule has 0 bridgehead atoms. The minimum atomic E-state index is -0.160. The molecule has 1 aromatic rings. The molecule has 0 fully saturated rings. The number of rotatable bonds is 3. The van der Waals surface area contributed by atoms with E-state index in [1.54, 1.807) is 11.0 Å². The fourth-order valence-corrected chi connectivity index (χ4v) is 2.32. The number of aliphatic hydroxyl groups excluding tert-OH is 1. The van der Waals surface area contributed by atoms with Crippen LogP contribution in [-0.2, 0) is 11.2 Å². The standard InChI is InChI=1S/C13H18N2O2/c1-8(2)12(7-16)15-11-4-3-10(14)5-9(11)6-13(15)17/h3-5,8,12,16H,6-7,14H2,1-2H3. The second-order valence-corrected chi connectivity index (χ2v) is 4.82. The Balaban J connectivity index is 2.40. The Morgan fingerprint density at radius 2 is 2.18 bits per heavy atom. The number of nitrogens with zero attached hydrogens (tertiary/aromatic N) is 1. The Labute approximate surface area is 101 Å². The quantitative estimate of drug-likeness (QED) is 0.772. The monoisotopic (exact) mass is 234 g/mol. The van der Waals surface area contributed by atoms with Crippen LogP contribution in [0.3, 0.4) is 0 Å². The van der Waals surface area contributed by atoms with E-state index in [4.69, 9.17) is 5.73 Å². The van der Waals surface area contributed by atoms with Crippen LogP contribution >= 0.6 is 0 Å². The lowest BCUT2D eigenvalue weighted by Gasteiger charge is -2.30.